The summed E-state index contributed by atoms with van der Waals surface area (Å²) in [5, 5.41) is 9.71. The molecule has 0 saturated heterocycles. The quantitative estimate of drug-likeness (QED) is 0.254. The number of nitriles is 1. The minimum absolute atomic E-state index is 0.0514. The van der Waals surface area contributed by atoms with Gasteiger partial charge in [0.05, 0.1) is 18.1 Å². The molecule has 260 valence electrons. The van der Waals surface area contributed by atoms with Crippen molar-refractivity contribution < 1.29 is 27.9 Å². The number of fused-ring (bicyclic) bond motifs is 2. The van der Waals surface area contributed by atoms with Crippen molar-refractivity contribution in [3.8, 4) is 6.07 Å². The molecule has 0 aromatic carbocycles. The van der Waals surface area contributed by atoms with Crippen LogP contribution in [-0.2, 0) is 40.3 Å². The first kappa shape index (κ1) is 42.8. The molecule has 2 amide bonds. The van der Waals surface area contributed by atoms with Gasteiger partial charge in [-0.2, -0.15) is 5.26 Å². The van der Waals surface area contributed by atoms with Crippen LogP contribution >= 0.6 is 15.9 Å². The Hall–Kier alpha value is -4.17. The van der Waals surface area contributed by atoms with Crippen molar-refractivity contribution in [2.24, 2.45) is 0 Å². The van der Waals surface area contributed by atoms with Crippen LogP contribution in [0.25, 0.3) is 11.1 Å². The first-order chi connectivity index (χ1) is 22.4. The number of alkyl halides is 1. The van der Waals surface area contributed by atoms with Gasteiger partial charge in [-0.3, -0.25) is 24.7 Å². The van der Waals surface area contributed by atoms with Crippen molar-refractivity contribution in [3.05, 3.63) is 76.3 Å². The number of nitrogens with zero attached hydrogens (tertiary/aromatic N) is 3. The molecule has 0 bridgehead atoms. The molecule has 0 spiro atoms. The molecule has 15 nitrogen and oxygen atoms in total. The van der Waals surface area contributed by atoms with Crippen molar-refractivity contribution in [1.82, 2.24) is 19.8 Å². The monoisotopic (exact) mass is 725 g/mol. The largest absolute Gasteiger partial charge is 0.426 e. The van der Waals surface area contributed by atoms with Gasteiger partial charge in [0.2, 0.25) is 11.6 Å². The Balaban J connectivity index is 0.000000653. The third-order valence-corrected chi connectivity index (χ3v) is 6.81. The molecule has 2 N–H and O–H groups in total. The number of H-pyrrole nitrogens is 1. The molecule has 0 atom stereocenters. The van der Waals surface area contributed by atoms with E-state index in [0.29, 0.717) is 35.0 Å². The van der Waals surface area contributed by atoms with E-state index in [9.17, 15) is 28.8 Å². The van der Waals surface area contributed by atoms with E-state index < -0.39 is 34.3 Å². The molecule has 0 fully saturated rings. The number of aryl methyl sites for hydroxylation is 2. The summed E-state index contributed by atoms with van der Waals surface area (Å²) in [4.78, 5) is 73.0. The summed E-state index contributed by atoms with van der Waals surface area (Å²) in [6.45, 7) is 15.1. The number of halogens is 1. The fourth-order valence-electron chi connectivity index (χ4n) is 4.13. The Morgan fingerprint density at radius 1 is 0.915 bits per heavy atom. The van der Waals surface area contributed by atoms with E-state index >= 15 is 0 Å². The fourth-order valence-corrected chi connectivity index (χ4v) is 4.13. The molecular weight excluding hydrogens is 682 g/mol. The third-order valence-electron chi connectivity index (χ3n) is 6.35. The molecule has 47 heavy (non-hydrogen) atoms. The van der Waals surface area contributed by atoms with Gasteiger partial charge in [0.15, 0.2) is 0 Å². The summed E-state index contributed by atoms with van der Waals surface area (Å²) in [5.41, 5.74) is -0.311. The number of aromatic amines is 1. The van der Waals surface area contributed by atoms with Crippen molar-refractivity contribution >= 4 is 38.8 Å². The van der Waals surface area contributed by atoms with Gasteiger partial charge in [0.25, 0.3) is 11.5 Å². The maximum absolute atomic E-state index is 11.8. The van der Waals surface area contributed by atoms with E-state index in [0.717, 1.165) is 4.57 Å². The number of hydrogen-bond acceptors (Lipinski definition) is 12. The second-order valence-corrected chi connectivity index (χ2v) is 9.72. The van der Waals surface area contributed by atoms with E-state index in [-0.39, 0.29) is 30.0 Å². The number of hydrogen-bond donors (Lipinski definition) is 2. The normalized spacial score (nSPS) is 11.3. The summed E-state index contributed by atoms with van der Waals surface area (Å²) >= 11 is 3.03. The number of methoxy groups -OCH3 is 2. The first-order valence-electron chi connectivity index (χ1n) is 14.7. The summed E-state index contributed by atoms with van der Waals surface area (Å²) in [5.74, 6) is -0.751. The maximum atomic E-state index is 11.8. The molecule has 3 aromatic heterocycles. The van der Waals surface area contributed by atoms with Crippen LogP contribution in [0.2, 0.25) is 0 Å². The molecule has 0 radical (unpaired) electrons. The molecule has 0 unspecified atom stereocenters. The molecule has 4 rings (SSSR count). The molecule has 16 heteroatoms. The molecule has 1 aliphatic heterocycles. The highest BCUT2D eigenvalue weighted by Gasteiger charge is 2.27. The molecule has 4 heterocycles. The number of nitrogens with one attached hydrogen (secondary N) is 2. The number of amides is 2. The number of rotatable bonds is 8. The number of imide groups is 1. The Labute approximate surface area is 280 Å². The zero-order chi connectivity index (χ0) is 36.1. The lowest BCUT2D eigenvalue weighted by Crippen LogP contribution is -2.38. The highest BCUT2D eigenvalue weighted by atomic mass is 79.9. The van der Waals surface area contributed by atoms with Crippen LogP contribution in [0.15, 0.2) is 40.1 Å². The van der Waals surface area contributed by atoms with E-state index in [1.807, 2.05) is 6.92 Å². The summed E-state index contributed by atoms with van der Waals surface area (Å²) < 4.78 is 20.2. The lowest BCUT2D eigenvalue weighted by molar-refractivity contribution is -0.120. The van der Waals surface area contributed by atoms with Gasteiger partial charge in [-0.05, 0) is 43.6 Å². The van der Waals surface area contributed by atoms with Gasteiger partial charge in [-0.15, -0.1) is 0 Å². The van der Waals surface area contributed by atoms with Crippen LogP contribution in [0, 0.1) is 11.3 Å². The van der Waals surface area contributed by atoms with Gasteiger partial charge in [-0.25, -0.2) is 19.0 Å². The average molecular weight is 727 g/mol. The highest BCUT2D eigenvalue weighted by Crippen LogP contribution is 2.17. The first-order valence-corrected chi connectivity index (χ1v) is 15.9. The molecule has 1 aliphatic rings. The van der Waals surface area contributed by atoms with Gasteiger partial charge in [0.1, 0.15) is 23.4 Å². The SMILES string of the molecule is CC#N.CCN(CC)CC.CCc1cc(=O)oc2c1C(=O)NC(=O)C2.CCc1cc(=O)oc2c1c(=O)[nH]c(=O)n2COC.COCBr. The fraction of sp³-hybridized carbons (Fsp3) is 0.516. The van der Waals surface area contributed by atoms with E-state index in [1.54, 1.807) is 20.1 Å². The van der Waals surface area contributed by atoms with Crippen LogP contribution in [0.4, 0.5) is 0 Å². The van der Waals surface area contributed by atoms with Crippen molar-refractivity contribution in [2.75, 3.05) is 39.4 Å². The molecule has 3 aromatic rings. The summed E-state index contributed by atoms with van der Waals surface area (Å²) in [7, 11) is 3.03. The van der Waals surface area contributed by atoms with E-state index in [1.165, 1.54) is 45.8 Å². The number of carbonyl (C=O) groups excluding carboxylic acids is 2. The third kappa shape index (κ3) is 13.6. The van der Waals surface area contributed by atoms with Crippen LogP contribution in [0.1, 0.15) is 68.8 Å². The molecule has 0 saturated carbocycles. The highest BCUT2D eigenvalue weighted by molar-refractivity contribution is 9.09. The van der Waals surface area contributed by atoms with Crippen molar-refractivity contribution in [3.63, 3.8) is 0 Å². The minimum atomic E-state index is -0.675. The number of ether oxygens (including phenoxy) is 2. The molecule has 0 aliphatic carbocycles. The number of carbonyl (C=O) groups is 2. The second kappa shape index (κ2) is 23.2. The van der Waals surface area contributed by atoms with Gasteiger partial charge in [-0.1, -0.05) is 50.5 Å². The zero-order valence-corrected chi connectivity index (χ0v) is 29.7. The van der Waals surface area contributed by atoms with Gasteiger partial charge in [0, 0.05) is 33.3 Å². The van der Waals surface area contributed by atoms with Gasteiger partial charge < -0.3 is 23.2 Å². The zero-order valence-electron chi connectivity index (χ0n) is 28.1. The van der Waals surface area contributed by atoms with Crippen molar-refractivity contribution in [2.45, 2.75) is 67.5 Å². The summed E-state index contributed by atoms with van der Waals surface area (Å²) in [6.07, 6.45) is 0.982. The van der Waals surface area contributed by atoms with Crippen LogP contribution in [-0.4, -0.2) is 65.6 Å². The Bertz CT molecular complexity index is 1710. The molecular formula is C31H44BrN5O10. The number of aromatic nitrogens is 2. The predicted octanol–water partition coefficient (Wildman–Crippen LogP) is 2.69. The lowest BCUT2D eigenvalue weighted by atomic mass is 10.0. The average Bonchev–Trinajstić information content (AvgIpc) is 3.03. The Morgan fingerprint density at radius 3 is 1.87 bits per heavy atom. The van der Waals surface area contributed by atoms with Crippen LogP contribution in [0.3, 0.4) is 0 Å². The standard InChI is InChI=1S/C11H12N2O5.C10H9NO4.C6H15N.C2H5BrO.C2H3N/c1-3-6-4-7(14)18-10-8(6)9(15)12-11(16)13(10)5-17-2;1-2-5-3-8(13)15-6-4-7(12)11-10(14)9(5)6;1-4-7(5-2)6-3;1-4-2-3;1-2-3/h4H,3,5H2,1-2H3,(H,12,15,16);3H,2,4H2,1H3,(H,11,12,14);4-6H2,1-3H3;2H2,1H3;1H3. The van der Waals surface area contributed by atoms with Crippen LogP contribution in [0.5, 0.6) is 0 Å². The summed E-state index contributed by atoms with van der Waals surface area (Å²) in [6, 6.07) is 4.29. The second-order valence-electron chi connectivity index (χ2n) is 9.27. The Kier molecular flexibility index (Phi) is 21.1. The smallest absolute Gasteiger partial charge is 0.337 e. The lowest BCUT2D eigenvalue weighted by Gasteiger charge is -2.15. The van der Waals surface area contributed by atoms with E-state index in [4.69, 9.17) is 18.8 Å². The van der Waals surface area contributed by atoms with Crippen molar-refractivity contribution in [1.29, 1.82) is 5.26 Å². The predicted molar refractivity (Wildman–Crippen MR) is 180 cm³/mol. The topological polar surface area (TPSA) is 207 Å². The van der Waals surface area contributed by atoms with E-state index in [2.05, 4.69) is 56.6 Å². The van der Waals surface area contributed by atoms with Gasteiger partial charge >= 0.3 is 16.9 Å². The maximum Gasteiger partial charge on any atom is 0.337 e. The van der Waals surface area contributed by atoms with Crippen LogP contribution < -0.4 is 27.8 Å². The Morgan fingerprint density at radius 2 is 1.43 bits per heavy atom. The minimum Gasteiger partial charge on any atom is -0.426 e.